The standard InChI is InChI=1S/C35H37N5O4/c1-3-20-38(21-12-19-36)33(41)29(22-25-13-7-5-8-14-25)40-24-30-31(34(40)42)32(37-35(43)39(30)4-2)26-15-11-18-28(23-26)44-27-16-9-6-10-17-27/h5-11,13-18,23,29,32H,3-4,12,20-22,24H2,1-2H3,(H,37,43). The Balaban J connectivity index is 1.50. The van der Waals surface area contributed by atoms with Crippen molar-refractivity contribution in [2.45, 2.75) is 45.2 Å². The fourth-order valence-corrected chi connectivity index (χ4v) is 5.90. The minimum absolute atomic E-state index is 0.133. The van der Waals surface area contributed by atoms with Crippen LogP contribution in [0.1, 0.15) is 43.9 Å². The average molecular weight is 592 g/mol. The minimum atomic E-state index is -0.803. The highest BCUT2D eigenvalue weighted by Gasteiger charge is 2.47. The third-order valence-corrected chi connectivity index (χ3v) is 7.97. The molecule has 1 N–H and O–H groups in total. The van der Waals surface area contributed by atoms with Crippen LogP contribution in [0.3, 0.4) is 0 Å². The molecule has 226 valence electrons. The SMILES string of the molecule is CCCN(CCC#N)C(=O)C(Cc1ccccc1)N1CC2=C(C1=O)C(c1cccc(Oc3ccccc3)c1)NC(=O)N2CC. The van der Waals surface area contributed by atoms with Gasteiger partial charge in [0, 0.05) is 26.1 Å². The average Bonchev–Trinajstić information content (AvgIpc) is 3.38. The van der Waals surface area contributed by atoms with E-state index in [0.717, 1.165) is 12.0 Å². The van der Waals surface area contributed by atoms with Gasteiger partial charge in [-0.2, -0.15) is 5.26 Å². The highest BCUT2D eigenvalue weighted by atomic mass is 16.5. The van der Waals surface area contributed by atoms with Gasteiger partial charge >= 0.3 is 6.03 Å². The number of ether oxygens (including phenoxy) is 1. The van der Waals surface area contributed by atoms with Crippen LogP contribution in [0.4, 0.5) is 4.79 Å². The molecule has 44 heavy (non-hydrogen) atoms. The molecule has 2 aliphatic heterocycles. The second-order valence-electron chi connectivity index (χ2n) is 10.8. The number of hydrogen-bond donors (Lipinski definition) is 1. The molecular weight excluding hydrogens is 554 g/mol. The van der Waals surface area contributed by atoms with E-state index in [-0.39, 0.29) is 30.8 Å². The fraction of sp³-hybridized carbons (Fsp3) is 0.314. The Morgan fingerprint density at radius 1 is 1.00 bits per heavy atom. The van der Waals surface area contributed by atoms with Crippen LogP contribution >= 0.6 is 0 Å². The molecule has 0 saturated carbocycles. The predicted octanol–water partition coefficient (Wildman–Crippen LogP) is 5.42. The van der Waals surface area contributed by atoms with Crippen molar-refractivity contribution in [3.8, 4) is 17.6 Å². The zero-order chi connectivity index (χ0) is 31.1. The zero-order valence-electron chi connectivity index (χ0n) is 25.1. The summed E-state index contributed by atoms with van der Waals surface area (Å²) < 4.78 is 6.05. The van der Waals surface area contributed by atoms with Crippen LogP contribution < -0.4 is 10.1 Å². The van der Waals surface area contributed by atoms with Crippen molar-refractivity contribution in [2.24, 2.45) is 0 Å². The van der Waals surface area contributed by atoms with Crippen LogP contribution in [0.2, 0.25) is 0 Å². The van der Waals surface area contributed by atoms with Gasteiger partial charge in [0.15, 0.2) is 0 Å². The smallest absolute Gasteiger partial charge is 0.322 e. The molecule has 2 unspecified atom stereocenters. The van der Waals surface area contributed by atoms with E-state index in [9.17, 15) is 19.6 Å². The molecule has 2 aliphatic rings. The molecule has 0 aliphatic carbocycles. The number of rotatable bonds is 12. The van der Waals surface area contributed by atoms with Gasteiger partial charge in [-0.15, -0.1) is 0 Å². The van der Waals surface area contributed by atoms with E-state index < -0.39 is 12.1 Å². The molecular formula is C35H37N5O4. The lowest BCUT2D eigenvalue weighted by molar-refractivity contribution is -0.143. The highest BCUT2D eigenvalue weighted by molar-refractivity contribution is 6.03. The summed E-state index contributed by atoms with van der Waals surface area (Å²) in [5.41, 5.74) is 2.68. The Bertz CT molecular complexity index is 1570. The number of amides is 4. The lowest BCUT2D eigenvalue weighted by atomic mass is 9.95. The van der Waals surface area contributed by atoms with Gasteiger partial charge in [-0.3, -0.25) is 14.5 Å². The monoisotopic (exact) mass is 591 g/mol. The number of nitriles is 1. The third-order valence-electron chi connectivity index (χ3n) is 7.97. The van der Waals surface area contributed by atoms with Gasteiger partial charge < -0.3 is 19.9 Å². The molecule has 0 saturated heterocycles. The molecule has 9 nitrogen and oxygen atoms in total. The van der Waals surface area contributed by atoms with Crippen LogP contribution in [0.15, 0.2) is 96.2 Å². The Morgan fingerprint density at radius 2 is 1.70 bits per heavy atom. The molecule has 0 aromatic heterocycles. The topological polar surface area (TPSA) is 106 Å². The predicted molar refractivity (Wildman–Crippen MR) is 166 cm³/mol. The highest BCUT2D eigenvalue weighted by Crippen LogP contribution is 2.38. The number of nitrogens with one attached hydrogen (secondary N) is 1. The van der Waals surface area contributed by atoms with Crippen molar-refractivity contribution < 1.29 is 19.1 Å². The molecule has 4 amide bonds. The van der Waals surface area contributed by atoms with Crippen molar-refractivity contribution in [3.63, 3.8) is 0 Å². The van der Waals surface area contributed by atoms with Crippen molar-refractivity contribution in [2.75, 3.05) is 26.2 Å². The third kappa shape index (κ3) is 6.45. The molecule has 3 aromatic rings. The second kappa shape index (κ2) is 13.9. The van der Waals surface area contributed by atoms with E-state index in [2.05, 4.69) is 11.4 Å². The van der Waals surface area contributed by atoms with Crippen molar-refractivity contribution in [3.05, 3.63) is 107 Å². The van der Waals surface area contributed by atoms with Gasteiger partial charge in [0.25, 0.3) is 5.91 Å². The Labute approximate surface area is 258 Å². The summed E-state index contributed by atoms with van der Waals surface area (Å²) in [6.07, 6.45) is 1.25. The van der Waals surface area contributed by atoms with Crippen LogP contribution in [0.25, 0.3) is 0 Å². The summed E-state index contributed by atoms with van der Waals surface area (Å²) in [4.78, 5) is 46.8. The van der Waals surface area contributed by atoms with Crippen molar-refractivity contribution in [1.82, 2.24) is 20.0 Å². The first-order valence-corrected chi connectivity index (χ1v) is 15.1. The van der Waals surface area contributed by atoms with Gasteiger partial charge in [0.1, 0.15) is 17.5 Å². The summed E-state index contributed by atoms with van der Waals surface area (Å²) in [5, 5.41) is 12.3. The van der Waals surface area contributed by atoms with Gasteiger partial charge in [0.2, 0.25) is 5.91 Å². The first-order valence-electron chi connectivity index (χ1n) is 15.1. The Morgan fingerprint density at radius 3 is 2.39 bits per heavy atom. The number of benzene rings is 3. The van der Waals surface area contributed by atoms with Gasteiger partial charge in [-0.25, -0.2) is 4.79 Å². The molecule has 0 bridgehead atoms. The number of likely N-dealkylation sites (N-methyl/N-ethyl adjacent to an activating group) is 1. The summed E-state index contributed by atoms with van der Waals surface area (Å²) in [6, 6.07) is 26.7. The zero-order valence-corrected chi connectivity index (χ0v) is 25.1. The molecule has 0 spiro atoms. The molecule has 0 radical (unpaired) electrons. The van der Waals surface area contributed by atoms with E-state index in [1.807, 2.05) is 98.8 Å². The van der Waals surface area contributed by atoms with E-state index in [0.29, 0.717) is 54.4 Å². The lowest BCUT2D eigenvalue weighted by Gasteiger charge is -2.33. The second-order valence-corrected chi connectivity index (χ2v) is 10.8. The minimum Gasteiger partial charge on any atom is -0.457 e. The lowest BCUT2D eigenvalue weighted by Crippen LogP contribution is -2.51. The molecule has 2 heterocycles. The van der Waals surface area contributed by atoms with Crippen molar-refractivity contribution >= 4 is 17.8 Å². The number of urea groups is 1. The molecule has 9 heteroatoms. The number of carbonyl (C=O) groups is 3. The first kappa shape index (κ1) is 30.4. The van der Waals surface area contributed by atoms with Crippen LogP contribution in [0.5, 0.6) is 11.5 Å². The molecule has 2 atom stereocenters. The number of nitrogens with zero attached hydrogens (tertiary/aromatic N) is 4. The first-order chi connectivity index (χ1) is 21.4. The quantitative estimate of drug-likeness (QED) is 0.303. The largest absolute Gasteiger partial charge is 0.457 e. The van der Waals surface area contributed by atoms with Crippen LogP contribution in [-0.4, -0.2) is 64.8 Å². The van der Waals surface area contributed by atoms with Gasteiger partial charge in [-0.1, -0.05) is 67.6 Å². The maximum Gasteiger partial charge on any atom is 0.322 e. The fourth-order valence-electron chi connectivity index (χ4n) is 5.90. The summed E-state index contributed by atoms with van der Waals surface area (Å²) in [5.74, 6) is 0.767. The summed E-state index contributed by atoms with van der Waals surface area (Å²) in [6.45, 7) is 5.13. The summed E-state index contributed by atoms with van der Waals surface area (Å²) >= 11 is 0. The van der Waals surface area contributed by atoms with Crippen molar-refractivity contribution in [1.29, 1.82) is 5.26 Å². The Kier molecular flexibility index (Phi) is 9.60. The summed E-state index contributed by atoms with van der Waals surface area (Å²) in [7, 11) is 0. The maximum atomic E-state index is 14.4. The Hall–Kier alpha value is -5.10. The normalized spacial score (nSPS) is 16.7. The van der Waals surface area contributed by atoms with E-state index in [1.165, 1.54) is 0 Å². The van der Waals surface area contributed by atoms with E-state index in [4.69, 9.17) is 4.74 Å². The van der Waals surface area contributed by atoms with E-state index >= 15 is 0 Å². The van der Waals surface area contributed by atoms with Gasteiger partial charge in [-0.05, 0) is 48.7 Å². The number of carbonyl (C=O) groups excluding carboxylic acids is 3. The van der Waals surface area contributed by atoms with Crippen LogP contribution in [-0.2, 0) is 16.0 Å². The molecule has 5 rings (SSSR count). The van der Waals surface area contributed by atoms with E-state index in [1.54, 1.807) is 14.7 Å². The molecule has 3 aromatic carbocycles. The number of para-hydroxylation sites is 1. The number of hydrogen-bond acceptors (Lipinski definition) is 5. The van der Waals surface area contributed by atoms with Gasteiger partial charge in [0.05, 0.1) is 36.3 Å². The van der Waals surface area contributed by atoms with Crippen LogP contribution in [0, 0.1) is 11.3 Å². The molecule has 0 fully saturated rings. The maximum absolute atomic E-state index is 14.4.